The molecule has 320 valence electrons. The molecule has 0 spiro atoms. The molecule has 6 aromatic rings. The Morgan fingerprint density at radius 2 is 1.52 bits per heavy atom. The van der Waals surface area contributed by atoms with Crippen LogP contribution in [0.4, 0.5) is 11.4 Å². The number of hydrogen-bond acceptors (Lipinski definition) is 10. The van der Waals surface area contributed by atoms with Gasteiger partial charge < -0.3 is 24.7 Å². The van der Waals surface area contributed by atoms with Crippen molar-refractivity contribution in [3.8, 4) is 16.5 Å². The highest BCUT2D eigenvalue weighted by molar-refractivity contribution is 7.15. The van der Waals surface area contributed by atoms with Gasteiger partial charge in [0, 0.05) is 90.7 Å². The predicted octanol–water partition coefficient (Wildman–Crippen LogP) is 8.90. The number of aliphatic imine (C=N–C) groups is 1. The van der Waals surface area contributed by atoms with E-state index in [2.05, 4.69) is 129 Å². The summed E-state index contributed by atoms with van der Waals surface area (Å²) in [5, 5.41) is 32.3. The van der Waals surface area contributed by atoms with Crippen LogP contribution in [0.3, 0.4) is 0 Å². The van der Waals surface area contributed by atoms with Gasteiger partial charge >= 0.3 is 0 Å². The fourth-order valence-corrected chi connectivity index (χ4v) is 11.8. The molecule has 2 saturated heterocycles. The van der Waals surface area contributed by atoms with Gasteiger partial charge in [-0.1, -0.05) is 54.6 Å². The van der Waals surface area contributed by atoms with Gasteiger partial charge in [0.1, 0.15) is 28.4 Å². The lowest BCUT2D eigenvalue weighted by molar-refractivity contribution is -0.0173. The van der Waals surface area contributed by atoms with Crippen molar-refractivity contribution < 1.29 is 14.9 Å². The molecule has 3 aliphatic heterocycles. The van der Waals surface area contributed by atoms with E-state index in [1.807, 2.05) is 19.1 Å². The first-order valence-corrected chi connectivity index (χ1v) is 23.1. The molecule has 10 nitrogen and oxygen atoms in total. The second-order valence-corrected chi connectivity index (χ2v) is 19.1. The van der Waals surface area contributed by atoms with Crippen molar-refractivity contribution >= 4 is 28.4 Å². The number of anilines is 2. The van der Waals surface area contributed by atoms with Crippen LogP contribution in [-0.4, -0.2) is 94.1 Å². The van der Waals surface area contributed by atoms with Gasteiger partial charge in [0.05, 0.1) is 18.4 Å². The third kappa shape index (κ3) is 7.37. The number of phenolic OH excluding ortho intramolecular Hbond substituents is 1. The van der Waals surface area contributed by atoms with Crippen LogP contribution in [0, 0.1) is 20.8 Å². The topological polar surface area (TPSA) is 102 Å². The normalized spacial score (nSPS) is 21.1. The standard InChI is InChI=1S/C51H57N7O3S/c1-32-34(3)62-50-46(32)48(52-33(2)49-54-53-35(4)58(49)50)37-11-14-39(15-12-37)56-23-21-51(60,22-24-56)31-55-25-27-57(28-26-55)40-16-19-44(45(30-40)61-5)47-42(36-9-7-6-8-10-36)18-13-38-29-41(59)17-20-43(38)47/h6-12,14-17,19-20,29-30,33,42,47,59-60H,13,18,21-28,31H2,1-5H3/t33-,42-,47+/m0/s1. The maximum absolute atomic E-state index is 11.9. The van der Waals surface area contributed by atoms with E-state index >= 15 is 0 Å². The molecule has 4 aliphatic rings. The molecular weight excluding hydrogens is 791 g/mol. The first-order chi connectivity index (χ1) is 30.1. The number of benzene rings is 4. The van der Waals surface area contributed by atoms with Crippen LogP contribution >= 0.6 is 11.3 Å². The van der Waals surface area contributed by atoms with Gasteiger partial charge in [-0.05, 0) is 112 Å². The fraction of sp³-hybridized carbons (Fsp3) is 0.392. The molecule has 2 aromatic heterocycles. The number of thiophene rings is 1. The minimum atomic E-state index is -0.709. The Kier molecular flexibility index (Phi) is 10.7. The average molecular weight is 848 g/mol. The number of fused-ring (bicyclic) bond motifs is 4. The number of piperidine rings is 1. The monoisotopic (exact) mass is 847 g/mol. The summed E-state index contributed by atoms with van der Waals surface area (Å²) in [6.45, 7) is 14.4. The minimum Gasteiger partial charge on any atom is -0.508 e. The van der Waals surface area contributed by atoms with Gasteiger partial charge in [-0.15, -0.1) is 21.5 Å². The lowest BCUT2D eigenvalue weighted by Gasteiger charge is -2.44. The van der Waals surface area contributed by atoms with E-state index in [4.69, 9.17) is 9.73 Å². The molecular formula is C51H57N7O3S. The largest absolute Gasteiger partial charge is 0.508 e. The second kappa shape index (κ2) is 16.3. The molecule has 0 saturated carbocycles. The number of piperazine rings is 1. The van der Waals surface area contributed by atoms with Crippen molar-refractivity contribution in [2.75, 3.05) is 62.7 Å². The highest BCUT2D eigenvalue weighted by atomic mass is 32.1. The van der Waals surface area contributed by atoms with E-state index in [0.29, 0.717) is 18.2 Å². The van der Waals surface area contributed by atoms with Crippen molar-refractivity contribution in [1.29, 1.82) is 0 Å². The van der Waals surface area contributed by atoms with Gasteiger partial charge in [0.2, 0.25) is 0 Å². The third-order valence-electron chi connectivity index (χ3n) is 14.2. The lowest BCUT2D eigenvalue weighted by Crippen LogP contribution is -2.55. The van der Waals surface area contributed by atoms with Crippen molar-refractivity contribution in [2.24, 2.45) is 4.99 Å². The Morgan fingerprint density at radius 1 is 0.806 bits per heavy atom. The summed E-state index contributed by atoms with van der Waals surface area (Å²) >= 11 is 1.79. The van der Waals surface area contributed by atoms with Crippen LogP contribution in [0.25, 0.3) is 5.00 Å². The molecule has 4 aromatic carbocycles. The number of aromatic nitrogens is 3. The molecule has 0 unspecified atom stereocenters. The molecule has 3 atom stereocenters. The van der Waals surface area contributed by atoms with Crippen LogP contribution in [-0.2, 0) is 6.42 Å². The van der Waals surface area contributed by atoms with E-state index in [0.717, 1.165) is 98.6 Å². The number of nitrogens with zero attached hydrogens (tertiary/aromatic N) is 7. The maximum atomic E-state index is 11.9. The molecule has 0 bridgehead atoms. The SMILES string of the molecule is COc1cc(N2CCN(CC3(O)CCN(c4ccc(C5=N[C@@H](C)c6nnc(C)n6-c6sc(C)c(C)c65)cc4)CC3)CC2)ccc1[C@H]1c2ccc(O)cc2CC[C@H]1c1ccccc1. The minimum absolute atomic E-state index is 0.111. The first-order valence-electron chi connectivity index (χ1n) is 22.3. The number of methoxy groups -OCH3 is 1. The predicted molar refractivity (Wildman–Crippen MR) is 249 cm³/mol. The highest BCUT2D eigenvalue weighted by Gasteiger charge is 2.37. The summed E-state index contributed by atoms with van der Waals surface area (Å²) in [4.78, 5) is 13.8. The number of ether oxygens (including phenoxy) is 1. The molecule has 0 radical (unpaired) electrons. The van der Waals surface area contributed by atoms with E-state index in [-0.39, 0.29) is 12.0 Å². The summed E-state index contributed by atoms with van der Waals surface area (Å²) in [5.74, 6) is 3.43. The van der Waals surface area contributed by atoms with Crippen LogP contribution in [0.5, 0.6) is 11.5 Å². The van der Waals surface area contributed by atoms with Gasteiger partial charge in [-0.3, -0.25) is 14.5 Å². The number of aliphatic hydroxyl groups is 1. The molecule has 62 heavy (non-hydrogen) atoms. The van der Waals surface area contributed by atoms with Gasteiger partial charge in [-0.25, -0.2) is 0 Å². The van der Waals surface area contributed by atoms with Crippen molar-refractivity contribution in [1.82, 2.24) is 19.7 Å². The zero-order valence-electron chi connectivity index (χ0n) is 36.5. The Hall–Kier alpha value is -5.49. The van der Waals surface area contributed by atoms with E-state index in [1.165, 1.54) is 49.6 Å². The van der Waals surface area contributed by atoms with E-state index < -0.39 is 5.60 Å². The molecule has 1 aliphatic carbocycles. The van der Waals surface area contributed by atoms with Gasteiger partial charge in [0.15, 0.2) is 5.82 Å². The molecule has 2 fully saturated rings. The van der Waals surface area contributed by atoms with Gasteiger partial charge in [-0.2, -0.15) is 0 Å². The number of β-amino-alcohol motifs (C(OH)–C–C–N with tert-alkyl or cyclic N) is 1. The van der Waals surface area contributed by atoms with Gasteiger partial charge in [0.25, 0.3) is 0 Å². The van der Waals surface area contributed by atoms with Crippen molar-refractivity contribution in [2.45, 2.75) is 76.9 Å². The number of phenols is 1. The Bertz CT molecular complexity index is 2620. The zero-order valence-corrected chi connectivity index (χ0v) is 37.3. The Balaban J connectivity index is 0.779. The number of rotatable bonds is 8. The van der Waals surface area contributed by atoms with Crippen LogP contribution in [0.1, 0.15) is 99.5 Å². The fourth-order valence-electron chi connectivity index (χ4n) is 10.6. The maximum Gasteiger partial charge on any atom is 0.162 e. The number of hydrogen-bond donors (Lipinski definition) is 2. The zero-order chi connectivity index (χ0) is 42.7. The lowest BCUT2D eigenvalue weighted by atomic mass is 9.69. The molecule has 0 amide bonds. The van der Waals surface area contributed by atoms with Crippen LogP contribution in [0.2, 0.25) is 0 Å². The average Bonchev–Trinajstić information content (AvgIpc) is 3.78. The van der Waals surface area contributed by atoms with Crippen LogP contribution in [0.15, 0.2) is 96.0 Å². The Labute approximate surface area is 369 Å². The second-order valence-electron chi connectivity index (χ2n) is 17.9. The number of aromatic hydroxyl groups is 1. The van der Waals surface area contributed by atoms with Crippen molar-refractivity contribution in [3.63, 3.8) is 0 Å². The molecule has 10 rings (SSSR count). The molecule has 11 heteroatoms. The summed E-state index contributed by atoms with van der Waals surface area (Å²) in [6, 6.07) is 32.2. The van der Waals surface area contributed by atoms with Crippen molar-refractivity contribution in [3.05, 3.63) is 146 Å². The first kappa shape index (κ1) is 40.6. The highest BCUT2D eigenvalue weighted by Crippen LogP contribution is 2.50. The summed E-state index contributed by atoms with van der Waals surface area (Å²) < 4.78 is 8.35. The Morgan fingerprint density at radius 3 is 2.26 bits per heavy atom. The molecule has 5 heterocycles. The molecule has 2 N–H and O–H groups in total. The quantitative estimate of drug-likeness (QED) is 0.157. The summed E-state index contributed by atoms with van der Waals surface area (Å²) in [5.41, 5.74) is 11.2. The smallest absolute Gasteiger partial charge is 0.162 e. The summed E-state index contributed by atoms with van der Waals surface area (Å²) in [6.07, 6.45) is 3.42. The summed E-state index contributed by atoms with van der Waals surface area (Å²) in [7, 11) is 1.78. The number of aryl methyl sites for hydroxylation is 3. The van der Waals surface area contributed by atoms with E-state index in [1.54, 1.807) is 18.4 Å². The van der Waals surface area contributed by atoms with E-state index in [9.17, 15) is 10.2 Å². The third-order valence-corrected chi connectivity index (χ3v) is 15.4. The van der Waals surface area contributed by atoms with Crippen LogP contribution < -0.4 is 14.5 Å².